The lowest BCUT2D eigenvalue weighted by molar-refractivity contribution is 0.315. The molecule has 1 atom stereocenters. The van der Waals surface area contributed by atoms with E-state index in [0.29, 0.717) is 0 Å². The lowest BCUT2D eigenvalue weighted by Crippen LogP contribution is -2.11. The summed E-state index contributed by atoms with van der Waals surface area (Å²) in [5.74, 6) is 0.837. The fourth-order valence-corrected chi connectivity index (χ4v) is 2.43. The summed E-state index contributed by atoms with van der Waals surface area (Å²) in [6, 6.07) is 2.12. The maximum absolute atomic E-state index is 6.26. The van der Waals surface area contributed by atoms with Gasteiger partial charge < -0.3 is 10.5 Å². The van der Waals surface area contributed by atoms with E-state index >= 15 is 0 Å². The first-order chi connectivity index (χ1) is 10.3. The van der Waals surface area contributed by atoms with Gasteiger partial charge in [-0.3, -0.25) is 4.98 Å². The molecule has 1 aromatic rings. The molecule has 3 heteroatoms. The molecule has 0 aliphatic heterocycles. The summed E-state index contributed by atoms with van der Waals surface area (Å²) in [6.45, 7) is 5.09. The first-order valence-corrected chi connectivity index (χ1v) is 8.61. The SMILES string of the molecule is CCCCCCCCCC(N)c1cncc(OCCC)c1. The van der Waals surface area contributed by atoms with Gasteiger partial charge in [0.25, 0.3) is 0 Å². The van der Waals surface area contributed by atoms with Gasteiger partial charge in [-0.1, -0.05) is 58.8 Å². The summed E-state index contributed by atoms with van der Waals surface area (Å²) in [4.78, 5) is 4.23. The molecule has 0 saturated carbocycles. The Kier molecular flexibility index (Phi) is 9.88. The smallest absolute Gasteiger partial charge is 0.137 e. The summed E-state index contributed by atoms with van der Waals surface area (Å²) in [7, 11) is 0. The Hall–Kier alpha value is -1.09. The fraction of sp³-hybridized carbons (Fsp3) is 0.722. The molecule has 1 rings (SSSR count). The van der Waals surface area contributed by atoms with Crippen LogP contribution >= 0.6 is 0 Å². The molecule has 2 N–H and O–H groups in total. The monoisotopic (exact) mass is 292 g/mol. The second-order valence-electron chi connectivity index (χ2n) is 5.82. The number of nitrogens with two attached hydrogens (primary N) is 1. The molecule has 0 aromatic carbocycles. The standard InChI is InChI=1S/C18H32N2O/c1-3-5-6-7-8-9-10-11-18(19)16-13-17(15-20-14-16)21-12-4-2/h13-15,18H,3-12,19H2,1-2H3. The molecular formula is C18H32N2O. The van der Waals surface area contributed by atoms with Crippen molar-refractivity contribution in [2.75, 3.05) is 6.61 Å². The van der Waals surface area contributed by atoms with Crippen molar-refractivity contribution < 1.29 is 4.74 Å². The Morgan fingerprint density at radius 1 is 1.00 bits per heavy atom. The second-order valence-corrected chi connectivity index (χ2v) is 5.82. The zero-order chi connectivity index (χ0) is 15.3. The van der Waals surface area contributed by atoms with Gasteiger partial charge >= 0.3 is 0 Å². The van der Waals surface area contributed by atoms with Crippen LogP contribution < -0.4 is 10.5 Å². The Morgan fingerprint density at radius 2 is 1.71 bits per heavy atom. The van der Waals surface area contributed by atoms with E-state index in [1.54, 1.807) is 6.20 Å². The van der Waals surface area contributed by atoms with E-state index in [0.717, 1.165) is 30.8 Å². The molecule has 120 valence electrons. The highest BCUT2D eigenvalue weighted by molar-refractivity contribution is 5.25. The minimum absolute atomic E-state index is 0.0818. The lowest BCUT2D eigenvalue weighted by Gasteiger charge is -2.13. The fourth-order valence-electron chi connectivity index (χ4n) is 2.43. The van der Waals surface area contributed by atoms with E-state index in [1.165, 1.54) is 44.9 Å². The van der Waals surface area contributed by atoms with Crippen LogP contribution in [0.15, 0.2) is 18.5 Å². The minimum Gasteiger partial charge on any atom is -0.492 e. The summed E-state index contributed by atoms with van der Waals surface area (Å²) in [5, 5.41) is 0. The number of hydrogen-bond acceptors (Lipinski definition) is 3. The zero-order valence-corrected chi connectivity index (χ0v) is 13.8. The second kappa shape index (κ2) is 11.6. The van der Waals surface area contributed by atoms with E-state index in [9.17, 15) is 0 Å². The highest BCUT2D eigenvalue weighted by Gasteiger charge is 2.07. The Morgan fingerprint density at radius 3 is 2.43 bits per heavy atom. The van der Waals surface area contributed by atoms with Crippen LogP contribution in [0.4, 0.5) is 0 Å². The van der Waals surface area contributed by atoms with E-state index in [-0.39, 0.29) is 6.04 Å². The van der Waals surface area contributed by atoms with Gasteiger partial charge in [0.05, 0.1) is 12.8 Å². The number of nitrogens with zero attached hydrogens (tertiary/aromatic N) is 1. The average Bonchev–Trinajstić information content (AvgIpc) is 2.52. The van der Waals surface area contributed by atoms with E-state index in [4.69, 9.17) is 10.5 Å². The van der Waals surface area contributed by atoms with Gasteiger partial charge in [-0.25, -0.2) is 0 Å². The average molecular weight is 292 g/mol. The molecule has 0 fully saturated rings. The van der Waals surface area contributed by atoms with Gasteiger partial charge in [-0.2, -0.15) is 0 Å². The topological polar surface area (TPSA) is 48.1 Å². The molecule has 0 amide bonds. The van der Waals surface area contributed by atoms with Crippen LogP contribution in [0.1, 0.15) is 83.2 Å². The van der Waals surface area contributed by atoms with Crippen LogP contribution in [0.25, 0.3) is 0 Å². The van der Waals surface area contributed by atoms with Crippen LogP contribution in [0.3, 0.4) is 0 Å². The summed E-state index contributed by atoms with van der Waals surface area (Å²) < 4.78 is 5.61. The minimum atomic E-state index is 0.0818. The number of hydrogen-bond donors (Lipinski definition) is 1. The lowest BCUT2D eigenvalue weighted by atomic mass is 10.0. The van der Waals surface area contributed by atoms with Gasteiger partial charge in [0.2, 0.25) is 0 Å². The number of unbranched alkanes of at least 4 members (excludes halogenated alkanes) is 6. The van der Waals surface area contributed by atoms with Crippen LogP contribution in [0.5, 0.6) is 5.75 Å². The maximum Gasteiger partial charge on any atom is 0.137 e. The Bertz CT molecular complexity index is 368. The summed E-state index contributed by atoms with van der Waals surface area (Å²) in [5.41, 5.74) is 7.35. The van der Waals surface area contributed by atoms with Crippen LogP contribution in [0, 0.1) is 0 Å². The van der Waals surface area contributed by atoms with Gasteiger partial charge in [-0.05, 0) is 24.5 Å². The molecular weight excluding hydrogens is 260 g/mol. The Labute approximate surface area is 130 Å². The molecule has 1 aromatic heterocycles. The summed E-state index contributed by atoms with van der Waals surface area (Å²) in [6.07, 6.45) is 14.9. The largest absolute Gasteiger partial charge is 0.492 e. The van der Waals surface area contributed by atoms with Crippen molar-refractivity contribution in [3.8, 4) is 5.75 Å². The van der Waals surface area contributed by atoms with Crippen molar-refractivity contribution in [2.45, 2.75) is 77.7 Å². The van der Waals surface area contributed by atoms with E-state index in [1.807, 2.05) is 12.3 Å². The number of aromatic nitrogens is 1. The third-order valence-electron chi connectivity index (χ3n) is 3.75. The predicted octanol–water partition coefficient (Wildman–Crippen LogP) is 5.01. The molecule has 0 aliphatic rings. The molecule has 21 heavy (non-hydrogen) atoms. The third-order valence-corrected chi connectivity index (χ3v) is 3.75. The van der Waals surface area contributed by atoms with Crippen LogP contribution in [0.2, 0.25) is 0 Å². The first-order valence-electron chi connectivity index (χ1n) is 8.61. The molecule has 3 nitrogen and oxygen atoms in total. The molecule has 1 unspecified atom stereocenters. The van der Waals surface area contributed by atoms with Gasteiger partial charge in [0.1, 0.15) is 5.75 Å². The highest BCUT2D eigenvalue weighted by Crippen LogP contribution is 2.21. The Balaban J connectivity index is 2.23. The number of ether oxygens (including phenoxy) is 1. The normalized spacial score (nSPS) is 12.3. The van der Waals surface area contributed by atoms with Gasteiger partial charge in [0.15, 0.2) is 0 Å². The van der Waals surface area contributed by atoms with Gasteiger partial charge in [-0.15, -0.1) is 0 Å². The van der Waals surface area contributed by atoms with Crippen molar-refractivity contribution in [3.05, 3.63) is 24.0 Å². The number of rotatable bonds is 12. The molecule has 0 spiro atoms. The molecule has 1 heterocycles. The van der Waals surface area contributed by atoms with Crippen molar-refractivity contribution in [1.29, 1.82) is 0 Å². The van der Waals surface area contributed by atoms with Crippen LogP contribution in [-0.2, 0) is 0 Å². The van der Waals surface area contributed by atoms with Crippen molar-refractivity contribution in [1.82, 2.24) is 4.98 Å². The quantitative estimate of drug-likeness (QED) is 0.551. The van der Waals surface area contributed by atoms with Crippen molar-refractivity contribution >= 4 is 0 Å². The molecule has 0 aliphatic carbocycles. The van der Waals surface area contributed by atoms with E-state index < -0.39 is 0 Å². The van der Waals surface area contributed by atoms with Gasteiger partial charge in [0, 0.05) is 12.2 Å². The first kappa shape index (κ1) is 18.0. The molecule has 0 radical (unpaired) electrons. The maximum atomic E-state index is 6.26. The zero-order valence-electron chi connectivity index (χ0n) is 13.8. The number of pyridine rings is 1. The molecule has 0 bridgehead atoms. The van der Waals surface area contributed by atoms with E-state index in [2.05, 4.69) is 18.8 Å². The predicted molar refractivity (Wildman–Crippen MR) is 89.6 cm³/mol. The van der Waals surface area contributed by atoms with Crippen LogP contribution in [-0.4, -0.2) is 11.6 Å². The van der Waals surface area contributed by atoms with Crippen molar-refractivity contribution in [3.63, 3.8) is 0 Å². The van der Waals surface area contributed by atoms with Crippen molar-refractivity contribution in [2.24, 2.45) is 5.73 Å². The highest BCUT2D eigenvalue weighted by atomic mass is 16.5. The third kappa shape index (κ3) is 8.05. The summed E-state index contributed by atoms with van der Waals surface area (Å²) >= 11 is 0. The molecule has 0 saturated heterocycles.